The highest BCUT2D eigenvalue weighted by atomic mass is 32.2. The number of hydrogen-bond donors (Lipinski definition) is 2. The largest absolute Gasteiger partial charge is 0.326 e. The second-order valence-corrected chi connectivity index (χ2v) is 9.36. The lowest BCUT2D eigenvalue weighted by Gasteiger charge is -2.08. The number of hydrogen-bond acceptors (Lipinski definition) is 8. The molecular formula is C22H21N7O3S. The Bertz CT molecular complexity index is 1380. The second-order valence-electron chi connectivity index (χ2n) is 7.40. The number of sulfone groups is 1. The van der Waals surface area contributed by atoms with E-state index in [1.54, 1.807) is 29.3 Å². The molecule has 0 fully saturated rings. The van der Waals surface area contributed by atoms with Crippen molar-refractivity contribution in [2.24, 2.45) is 7.05 Å². The summed E-state index contributed by atoms with van der Waals surface area (Å²) in [4.78, 5) is 24.8. The maximum Gasteiger partial charge on any atom is 0.228 e. The molecule has 2 N–H and O–H groups in total. The number of nitrogens with one attached hydrogen (secondary N) is 2. The summed E-state index contributed by atoms with van der Waals surface area (Å²) in [5.74, 6) is 0.206. The molecule has 3 heterocycles. The fourth-order valence-electron chi connectivity index (χ4n) is 3.05. The van der Waals surface area contributed by atoms with Gasteiger partial charge >= 0.3 is 0 Å². The zero-order valence-corrected chi connectivity index (χ0v) is 18.7. The average Bonchev–Trinajstić information content (AvgIpc) is 3.19. The van der Waals surface area contributed by atoms with E-state index < -0.39 is 9.84 Å². The molecule has 0 aliphatic heterocycles. The number of carbonyl (C=O) groups is 1. The standard InChI is InChI=1S/C22H21N7O3S/c1-29-14-19(13-26-29)28-22-24-11-17(12-25-22)16-5-3-15(4-6-16)9-20(30)27-18-7-8-23-21(10-18)33(2,31)32/h3-8,10-14H,9H2,1-2H3,(H,23,27,30)(H,24,25,28). The molecule has 33 heavy (non-hydrogen) atoms. The van der Waals surface area contributed by atoms with Gasteiger partial charge in [-0.05, 0) is 23.3 Å². The van der Waals surface area contributed by atoms with E-state index in [9.17, 15) is 13.2 Å². The highest BCUT2D eigenvalue weighted by Crippen LogP contribution is 2.20. The Balaban J connectivity index is 1.37. The van der Waals surface area contributed by atoms with Crippen molar-refractivity contribution < 1.29 is 13.2 Å². The zero-order valence-electron chi connectivity index (χ0n) is 17.9. The molecule has 0 atom stereocenters. The van der Waals surface area contributed by atoms with Gasteiger partial charge in [0, 0.05) is 49.3 Å². The monoisotopic (exact) mass is 463 g/mol. The van der Waals surface area contributed by atoms with Crippen molar-refractivity contribution in [2.75, 3.05) is 16.9 Å². The van der Waals surface area contributed by atoms with Gasteiger partial charge in [0.2, 0.25) is 11.9 Å². The van der Waals surface area contributed by atoms with Crippen LogP contribution >= 0.6 is 0 Å². The normalized spacial score (nSPS) is 11.2. The van der Waals surface area contributed by atoms with Crippen molar-refractivity contribution in [1.82, 2.24) is 24.7 Å². The van der Waals surface area contributed by atoms with Crippen molar-refractivity contribution >= 4 is 33.1 Å². The Morgan fingerprint density at radius 3 is 2.33 bits per heavy atom. The Morgan fingerprint density at radius 2 is 1.70 bits per heavy atom. The van der Waals surface area contributed by atoms with Crippen LogP contribution in [-0.4, -0.2) is 45.3 Å². The Morgan fingerprint density at radius 1 is 0.970 bits per heavy atom. The van der Waals surface area contributed by atoms with Crippen molar-refractivity contribution in [1.29, 1.82) is 0 Å². The van der Waals surface area contributed by atoms with Gasteiger partial charge in [-0.25, -0.2) is 23.4 Å². The van der Waals surface area contributed by atoms with Gasteiger partial charge in [0.1, 0.15) is 0 Å². The average molecular weight is 464 g/mol. The fourth-order valence-corrected chi connectivity index (χ4v) is 3.65. The van der Waals surface area contributed by atoms with E-state index in [-0.39, 0.29) is 17.4 Å². The lowest BCUT2D eigenvalue weighted by molar-refractivity contribution is -0.115. The molecule has 0 aliphatic rings. The number of carbonyl (C=O) groups excluding carboxylic acids is 1. The number of pyridine rings is 1. The molecule has 11 heteroatoms. The number of aromatic nitrogens is 5. The third-order valence-corrected chi connectivity index (χ3v) is 5.65. The molecule has 0 saturated carbocycles. The minimum absolute atomic E-state index is 0.0893. The van der Waals surface area contributed by atoms with Gasteiger partial charge in [-0.15, -0.1) is 0 Å². The molecule has 0 spiro atoms. The van der Waals surface area contributed by atoms with Crippen LogP contribution in [0, 0.1) is 0 Å². The van der Waals surface area contributed by atoms with Crippen molar-refractivity contribution in [3.05, 3.63) is 72.9 Å². The van der Waals surface area contributed by atoms with Gasteiger partial charge in [-0.1, -0.05) is 24.3 Å². The number of benzene rings is 1. The molecule has 4 aromatic rings. The van der Waals surface area contributed by atoms with E-state index in [0.29, 0.717) is 11.6 Å². The number of aryl methyl sites for hydroxylation is 1. The smallest absolute Gasteiger partial charge is 0.228 e. The van der Waals surface area contributed by atoms with E-state index in [4.69, 9.17) is 0 Å². The molecule has 0 radical (unpaired) electrons. The lowest BCUT2D eigenvalue weighted by Crippen LogP contribution is -2.15. The van der Waals surface area contributed by atoms with Crippen molar-refractivity contribution in [2.45, 2.75) is 11.4 Å². The third kappa shape index (κ3) is 5.77. The first kappa shape index (κ1) is 22.1. The summed E-state index contributed by atoms with van der Waals surface area (Å²) < 4.78 is 24.9. The van der Waals surface area contributed by atoms with Gasteiger partial charge in [0.05, 0.1) is 18.3 Å². The molecule has 3 aromatic heterocycles. The highest BCUT2D eigenvalue weighted by molar-refractivity contribution is 7.90. The van der Waals surface area contributed by atoms with E-state index in [1.807, 2.05) is 37.5 Å². The molecule has 1 amide bonds. The Kier molecular flexibility index (Phi) is 6.13. The van der Waals surface area contributed by atoms with Crippen LogP contribution in [-0.2, 0) is 28.1 Å². The maximum atomic E-state index is 12.4. The van der Waals surface area contributed by atoms with Crippen molar-refractivity contribution in [3.63, 3.8) is 0 Å². The fraction of sp³-hybridized carbons (Fsp3) is 0.136. The molecule has 10 nitrogen and oxygen atoms in total. The molecular weight excluding hydrogens is 442 g/mol. The number of amides is 1. The number of nitrogens with zero attached hydrogens (tertiary/aromatic N) is 5. The van der Waals surface area contributed by atoms with E-state index in [2.05, 4.69) is 30.7 Å². The molecule has 0 aliphatic carbocycles. The first-order valence-corrected chi connectivity index (χ1v) is 11.8. The van der Waals surface area contributed by atoms with E-state index >= 15 is 0 Å². The number of anilines is 3. The first-order valence-electron chi connectivity index (χ1n) is 9.89. The van der Waals surface area contributed by atoms with E-state index in [1.165, 1.54) is 12.3 Å². The van der Waals surface area contributed by atoms with Gasteiger partial charge in [-0.3, -0.25) is 9.48 Å². The maximum absolute atomic E-state index is 12.4. The van der Waals surface area contributed by atoms with Gasteiger partial charge in [0.15, 0.2) is 14.9 Å². The van der Waals surface area contributed by atoms with Crippen LogP contribution in [0.3, 0.4) is 0 Å². The molecule has 0 bridgehead atoms. The quantitative estimate of drug-likeness (QED) is 0.427. The third-order valence-electron chi connectivity index (χ3n) is 4.66. The predicted molar refractivity (Wildman–Crippen MR) is 124 cm³/mol. The summed E-state index contributed by atoms with van der Waals surface area (Å²) in [6, 6.07) is 10.4. The summed E-state index contributed by atoms with van der Waals surface area (Å²) in [7, 11) is -1.62. The topological polar surface area (TPSA) is 132 Å². The van der Waals surface area contributed by atoms with Crippen LogP contribution in [0.15, 0.2) is 72.4 Å². The first-order chi connectivity index (χ1) is 15.8. The summed E-state index contributed by atoms with van der Waals surface area (Å²) in [6.45, 7) is 0. The lowest BCUT2D eigenvalue weighted by atomic mass is 10.1. The molecule has 1 aromatic carbocycles. The van der Waals surface area contributed by atoms with Gasteiger partial charge in [0.25, 0.3) is 0 Å². The SMILES string of the molecule is Cn1cc(Nc2ncc(-c3ccc(CC(=O)Nc4ccnc(S(C)(=O)=O)c4)cc3)cn2)cn1. The van der Waals surface area contributed by atoms with Crippen LogP contribution < -0.4 is 10.6 Å². The second kappa shape index (κ2) is 9.17. The highest BCUT2D eigenvalue weighted by Gasteiger charge is 2.11. The van der Waals surface area contributed by atoms with Crippen LogP contribution in [0.25, 0.3) is 11.1 Å². The van der Waals surface area contributed by atoms with Gasteiger partial charge in [-0.2, -0.15) is 5.10 Å². The Hall–Kier alpha value is -4.12. The minimum Gasteiger partial charge on any atom is -0.326 e. The minimum atomic E-state index is -3.45. The van der Waals surface area contributed by atoms with Crippen molar-refractivity contribution in [3.8, 4) is 11.1 Å². The summed E-state index contributed by atoms with van der Waals surface area (Å²) in [6.07, 6.45) is 9.50. The predicted octanol–water partition coefficient (Wildman–Crippen LogP) is 2.60. The number of rotatable bonds is 7. The molecule has 0 saturated heterocycles. The van der Waals surface area contributed by atoms with Crippen LogP contribution in [0.5, 0.6) is 0 Å². The zero-order chi connectivity index (χ0) is 23.4. The molecule has 4 rings (SSSR count). The summed E-state index contributed by atoms with van der Waals surface area (Å²) >= 11 is 0. The van der Waals surface area contributed by atoms with Crippen LogP contribution in [0.1, 0.15) is 5.56 Å². The molecule has 0 unspecified atom stereocenters. The summed E-state index contributed by atoms with van der Waals surface area (Å²) in [5, 5.41) is 9.78. The summed E-state index contributed by atoms with van der Waals surface area (Å²) in [5.41, 5.74) is 3.74. The Labute approximate surface area is 190 Å². The van der Waals surface area contributed by atoms with Crippen LogP contribution in [0.2, 0.25) is 0 Å². The van der Waals surface area contributed by atoms with Crippen LogP contribution in [0.4, 0.5) is 17.3 Å². The van der Waals surface area contributed by atoms with Gasteiger partial charge < -0.3 is 10.6 Å². The molecule has 168 valence electrons. The van der Waals surface area contributed by atoms with E-state index in [0.717, 1.165) is 28.6 Å².